The van der Waals surface area contributed by atoms with Gasteiger partial charge in [0.15, 0.2) is 17.4 Å². The summed E-state index contributed by atoms with van der Waals surface area (Å²) in [4.78, 5) is 27.0. The van der Waals surface area contributed by atoms with E-state index in [0.717, 1.165) is 50.8 Å². The van der Waals surface area contributed by atoms with Crippen LogP contribution in [0.25, 0.3) is 20.9 Å². The normalized spacial score (nSPS) is 10.9. The molecular formula is C66H59ClI8N12O20S4. The minimum absolute atomic E-state index is 0.0252. The van der Waals surface area contributed by atoms with Crippen LogP contribution in [-0.2, 0) is 85.6 Å². The van der Waals surface area contributed by atoms with E-state index in [1.807, 2.05) is 76.2 Å². The van der Waals surface area contributed by atoms with Gasteiger partial charge in [-0.3, -0.25) is 14.1 Å². The highest BCUT2D eigenvalue weighted by atomic mass is 127. The highest BCUT2D eigenvalue weighted by Gasteiger charge is 2.23. The van der Waals surface area contributed by atoms with E-state index in [2.05, 4.69) is 226 Å². The van der Waals surface area contributed by atoms with Gasteiger partial charge in [0.1, 0.15) is 67.7 Å². The number of aliphatic hydroxyl groups excluding tert-OH is 1. The average Bonchev–Trinajstić information content (AvgIpc) is 1.79. The molecule has 0 saturated carbocycles. The SMILES string of the molecule is Cc1ccc(S(=O)(=O)COS(=O)(=O)c2ccc(C)cc2)cc1.Cc1ccc(S(=O)(=O)Cl)cc1.Cc1ccc(S(=O)(=O)O)cc1.O=C(O)Cc1cc(I)c(Oc2cc(I)c(OCc3cn(Cn4cc(COc5c(I)cc(Oc6c(I)cc(CC(=O)O)cc6I)cc5I)nn4)nn3)c(I)c2)c(I)c1.OCO.[N-]=[N+]=NCN=[N+]=[N-]. The van der Waals surface area contributed by atoms with Gasteiger partial charge in [0.25, 0.3) is 29.3 Å². The molecule has 5 N–H and O–H groups in total. The second-order valence-corrected chi connectivity index (χ2v) is 38.8. The zero-order valence-corrected chi connectivity index (χ0v) is 78.7. The number of carbonyl (C=O) groups is 2. The fourth-order valence-electron chi connectivity index (χ4n) is 8.27. The first-order valence-corrected chi connectivity index (χ1v) is 45.9. The van der Waals surface area contributed by atoms with Gasteiger partial charge < -0.3 is 39.4 Å². The summed E-state index contributed by atoms with van der Waals surface area (Å²) in [7, 11) is -10.4. The Balaban J connectivity index is 0.000000326. The maximum atomic E-state index is 12.1. The molecule has 0 amide bonds. The van der Waals surface area contributed by atoms with E-state index < -0.39 is 63.8 Å². The van der Waals surface area contributed by atoms with Crippen molar-refractivity contribution in [3.05, 3.63) is 252 Å². The van der Waals surface area contributed by atoms with E-state index in [9.17, 15) is 43.3 Å². The molecule has 0 saturated heterocycles. The summed E-state index contributed by atoms with van der Waals surface area (Å²) in [5.74, 6) is 1.32. The number of aliphatic hydroxyl groups is 2. The van der Waals surface area contributed by atoms with Crippen molar-refractivity contribution in [3.63, 3.8) is 0 Å². The number of sulfone groups is 1. The van der Waals surface area contributed by atoms with Crippen molar-refractivity contribution in [2.24, 2.45) is 10.2 Å². The number of benzene rings is 8. The molecule has 45 heteroatoms. The van der Waals surface area contributed by atoms with Gasteiger partial charge in [-0.15, -0.1) is 10.2 Å². The number of aliphatic carboxylic acids is 2. The summed E-state index contributed by atoms with van der Waals surface area (Å²) in [5.41, 5.74) is 21.6. The Hall–Kier alpha value is -5.43. The van der Waals surface area contributed by atoms with Crippen LogP contribution in [0.5, 0.6) is 34.5 Å². The molecular weight excluding hydrogens is 2460 g/mol. The van der Waals surface area contributed by atoms with Crippen molar-refractivity contribution in [2.45, 2.75) is 80.0 Å². The number of hydrogen-bond donors (Lipinski definition) is 5. The van der Waals surface area contributed by atoms with Crippen LogP contribution in [0.4, 0.5) is 0 Å². The van der Waals surface area contributed by atoms with Crippen LogP contribution in [-0.4, -0.2) is 120 Å². The predicted octanol–water partition coefficient (Wildman–Crippen LogP) is 16.3. The Labute approximate surface area is 750 Å². The van der Waals surface area contributed by atoms with Crippen LogP contribution in [0, 0.1) is 56.3 Å². The molecule has 2 heterocycles. The molecule has 0 unspecified atom stereocenters. The molecule has 590 valence electrons. The van der Waals surface area contributed by atoms with Gasteiger partial charge in [0.05, 0.1) is 73.4 Å². The summed E-state index contributed by atoms with van der Waals surface area (Å²) >= 11 is 17.5. The lowest BCUT2D eigenvalue weighted by atomic mass is 10.1. The fourth-order valence-corrected chi connectivity index (χ4v) is 20.1. The third-order valence-electron chi connectivity index (χ3n) is 13.3. The van der Waals surface area contributed by atoms with Crippen LogP contribution in [0.1, 0.15) is 44.8 Å². The monoisotopic (exact) mass is 2520 g/mol. The number of rotatable bonds is 25. The van der Waals surface area contributed by atoms with Crippen LogP contribution >= 0.6 is 191 Å². The van der Waals surface area contributed by atoms with Crippen LogP contribution < -0.4 is 18.9 Å². The molecule has 0 fully saturated rings. The van der Waals surface area contributed by atoms with E-state index in [1.54, 1.807) is 70.3 Å². The number of carboxylic acids is 2. The molecule has 0 atom stereocenters. The van der Waals surface area contributed by atoms with Crippen molar-refractivity contribution in [1.29, 1.82) is 0 Å². The van der Waals surface area contributed by atoms with Gasteiger partial charge >= 0.3 is 11.9 Å². The molecule has 2 aromatic heterocycles. The second kappa shape index (κ2) is 46.3. The largest absolute Gasteiger partial charge is 0.485 e. The Kier molecular flexibility index (Phi) is 40.1. The molecule has 10 aromatic rings. The average molecular weight is 2520 g/mol. The molecule has 0 aliphatic heterocycles. The molecule has 0 aliphatic rings. The topological polar surface area (TPSA) is 477 Å². The zero-order chi connectivity index (χ0) is 82.6. The predicted molar refractivity (Wildman–Crippen MR) is 475 cm³/mol. The number of halogens is 9. The number of carboxylic acid groups (broad SMARTS) is 2. The minimum atomic E-state index is -4.11. The smallest absolute Gasteiger partial charge is 0.307 e. The molecule has 32 nitrogen and oxygen atoms in total. The van der Waals surface area contributed by atoms with E-state index in [-0.39, 0.29) is 59.0 Å². The standard InChI is InChI=1S/C35H22I8N6O8.C15H16O5S2.C7H7ClO2S.C7H8O3S.CH2N6.CH4O2/c36-22-1-16(5-30(50)51)2-23(37)34(22)56-20-7-26(40)32(27(41)8-20)54-13-18-11-48(46-44-18)15-49-12-19(45-47-49)14-55-33-28(42)9-21(10-29(33)43)57-35-24(38)3-17(4-25(35)39)6-31(52)53;1-12-3-7-14(8-4-12)21(16,17)11-20-22(18,19)15-9-5-13(2)6-10-15;2*1-6-2-4-7(5-3-6)11(8,9)10;2-6-4-1-5-7-3;2-1-3/h1-4,7-12H,5-6,13-15H2,(H,50,51)(H,52,53);3-10H,11H2,1-2H3;2-5H,1H3;2-5H,1H3,(H,8,9,10);1H2;2-3H,1H2. The number of hydrogen-bond acceptors (Lipinski definition) is 23. The maximum absolute atomic E-state index is 12.1. The highest BCUT2D eigenvalue weighted by molar-refractivity contribution is 14.1. The first kappa shape index (κ1) is 96.2. The fraction of sp³-hybridized carbons (Fsp3) is 0.182. The third-order valence-corrected chi connectivity index (χ3v) is 24.8. The van der Waals surface area contributed by atoms with Gasteiger partial charge in [0.2, 0.25) is 9.84 Å². The van der Waals surface area contributed by atoms with Crippen molar-refractivity contribution >= 4 is 242 Å². The van der Waals surface area contributed by atoms with E-state index in [0.29, 0.717) is 57.0 Å². The number of aryl methyl sites for hydroxylation is 4. The Morgan fingerprint density at radius 1 is 0.486 bits per heavy atom. The lowest BCUT2D eigenvalue weighted by molar-refractivity contribution is -0.137. The van der Waals surface area contributed by atoms with Crippen LogP contribution in [0.3, 0.4) is 0 Å². The summed E-state index contributed by atoms with van der Waals surface area (Å²) in [6, 6.07) is 39.3. The van der Waals surface area contributed by atoms with Crippen molar-refractivity contribution in [2.75, 3.05) is 19.4 Å². The van der Waals surface area contributed by atoms with Gasteiger partial charge in [-0.1, -0.05) is 91.4 Å². The summed E-state index contributed by atoms with van der Waals surface area (Å²) in [5, 5.41) is 55.4. The van der Waals surface area contributed by atoms with E-state index in [1.165, 1.54) is 48.5 Å². The van der Waals surface area contributed by atoms with Gasteiger partial charge in [-0.05, 0) is 328 Å². The van der Waals surface area contributed by atoms with Crippen molar-refractivity contribution in [1.82, 2.24) is 30.0 Å². The Morgan fingerprint density at radius 3 is 1.10 bits per heavy atom. The minimum Gasteiger partial charge on any atom is -0.485 e. The number of ether oxygens (including phenoxy) is 4. The van der Waals surface area contributed by atoms with E-state index >= 15 is 0 Å². The maximum Gasteiger partial charge on any atom is 0.307 e. The zero-order valence-electron chi connectivity index (χ0n) is 57.4. The highest BCUT2D eigenvalue weighted by Crippen LogP contribution is 2.40. The van der Waals surface area contributed by atoms with Gasteiger partial charge in [0, 0.05) is 20.5 Å². The van der Waals surface area contributed by atoms with Crippen molar-refractivity contribution in [3.8, 4) is 34.5 Å². The summed E-state index contributed by atoms with van der Waals surface area (Å²) in [6.07, 6.45) is 3.47. The van der Waals surface area contributed by atoms with Crippen LogP contribution in [0.2, 0.25) is 0 Å². The lowest BCUT2D eigenvalue weighted by Crippen LogP contribution is -2.15. The number of aromatic nitrogens is 6. The first-order valence-electron chi connectivity index (χ1n) is 30.5. The molecule has 111 heavy (non-hydrogen) atoms. The Bertz CT molecular complexity index is 5060. The first-order chi connectivity index (χ1) is 52.1. The quantitative estimate of drug-likeness (QED) is 0.00518. The molecule has 0 radical (unpaired) electrons. The molecule has 8 aromatic carbocycles. The third kappa shape index (κ3) is 33.4. The molecule has 0 aliphatic carbocycles. The summed E-state index contributed by atoms with van der Waals surface area (Å²) < 4.78 is 139. The Morgan fingerprint density at radius 2 is 0.793 bits per heavy atom. The van der Waals surface area contributed by atoms with Gasteiger partial charge in [-0.25, -0.2) is 30.4 Å². The summed E-state index contributed by atoms with van der Waals surface area (Å²) in [6.45, 7) is 7.15. The van der Waals surface area contributed by atoms with E-state index in [4.69, 9.17) is 65.7 Å². The number of azide groups is 1. The molecule has 0 bridgehead atoms. The van der Waals surface area contributed by atoms with Crippen LogP contribution in [0.15, 0.2) is 188 Å². The van der Waals surface area contributed by atoms with Gasteiger partial charge in [-0.2, -0.15) is 16.8 Å². The molecule has 10 rings (SSSR count). The second-order valence-electron chi connectivity index (χ2n) is 22.0. The lowest BCUT2D eigenvalue weighted by Gasteiger charge is -2.15. The van der Waals surface area contributed by atoms with Crippen molar-refractivity contribution < 1.29 is 91.4 Å². The molecule has 0 spiro atoms. The number of nitrogens with zero attached hydrogens (tertiary/aromatic N) is 12.